The van der Waals surface area contributed by atoms with Crippen LogP contribution in [0.3, 0.4) is 0 Å². The minimum absolute atomic E-state index is 0.0658. The van der Waals surface area contributed by atoms with Crippen LogP contribution in [0.2, 0.25) is 10.0 Å². The monoisotopic (exact) mass is 464 g/mol. The maximum Gasteiger partial charge on any atom is 0.144 e. The third kappa shape index (κ3) is 3.78. The Morgan fingerprint density at radius 1 is 0.938 bits per heavy atom. The fourth-order valence-corrected chi connectivity index (χ4v) is 5.39. The number of fused-ring (bicyclic) bond motifs is 2. The number of carbonyl (C=O) groups is 1. The summed E-state index contributed by atoms with van der Waals surface area (Å²) in [5.74, 6) is 0.564. The van der Waals surface area contributed by atoms with Crippen LogP contribution < -0.4 is 10.1 Å². The van der Waals surface area contributed by atoms with Gasteiger partial charge in [-0.1, -0.05) is 53.5 Å². The molecule has 32 heavy (non-hydrogen) atoms. The van der Waals surface area contributed by atoms with Gasteiger partial charge in [0.05, 0.1) is 30.4 Å². The van der Waals surface area contributed by atoms with Crippen molar-refractivity contribution in [3.05, 3.63) is 87.9 Å². The zero-order valence-electron chi connectivity index (χ0n) is 17.5. The van der Waals surface area contributed by atoms with Crippen LogP contribution >= 0.6 is 23.2 Å². The minimum Gasteiger partial charge on any atom is -0.497 e. The van der Waals surface area contributed by atoms with Gasteiger partial charge in [-0.05, 0) is 54.3 Å². The molecule has 3 aromatic carbocycles. The van der Waals surface area contributed by atoms with Crippen molar-refractivity contribution in [3.63, 3.8) is 0 Å². The number of benzene rings is 3. The first-order valence-corrected chi connectivity index (χ1v) is 11.3. The summed E-state index contributed by atoms with van der Waals surface area (Å²) in [7, 11) is 1.65. The van der Waals surface area contributed by atoms with E-state index in [4.69, 9.17) is 32.9 Å². The molecule has 3 atom stereocenters. The maximum atomic E-state index is 13.6. The molecule has 0 saturated heterocycles. The molecule has 162 valence electrons. The molecule has 2 aliphatic rings. The van der Waals surface area contributed by atoms with E-state index in [0.717, 1.165) is 34.0 Å². The summed E-state index contributed by atoms with van der Waals surface area (Å²) in [6, 6.07) is 20.8. The highest BCUT2D eigenvalue weighted by atomic mass is 35.5. The summed E-state index contributed by atoms with van der Waals surface area (Å²) in [6.45, 7) is 0. The molecule has 4 nitrogen and oxygen atoms in total. The van der Waals surface area contributed by atoms with Gasteiger partial charge in [-0.15, -0.1) is 0 Å². The molecule has 0 radical (unpaired) electrons. The second-order valence-electron chi connectivity index (χ2n) is 8.20. The lowest BCUT2D eigenvalue weighted by atomic mass is 9.72. The van der Waals surface area contributed by atoms with Crippen molar-refractivity contribution in [1.82, 2.24) is 0 Å². The number of hydrogen-bond acceptors (Lipinski definition) is 4. The second-order valence-corrected chi connectivity index (χ2v) is 9.01. The van der Waals surface area contributed by atoms with Crippen LogP contribution in [0.4, 0.5) is 11.4 Å². The molecular weight excluding hydrogens is 443 g/mol. The molecule has 1 heterocycles. The predicted molar refractivity (Wildman–Crippen MR) is 130 cm³/mol. The van der Waals surface area contributed by atoms with Crippen LogP contribution in [0.5, 0.6) is 5.75 Å². The first-order chi connectivity index (χ1) is 15.5. The Morgan fingerprint density at radius 3 is 2.38 bits per heavy atom. The standard InChI is InChI=1S/C26H22Cl2N2O2/c1-32-17-11-9-15(10-12-17)16-13-22-25(23(31)14-16)26(24-18(27)5-4-6-19(24)28)30-21-8-3-2-7-20(21)29-22/h2-12,16,25-26,30H,13-14H2,1H3. The SMILES string of the molecule is COc1ccc(C2CC(=O)C3C(=Nc4ccccc4NC3c3c(Cl)cccc3Cl)C2)cc1. The third-order valence-corrected chi connectivity index (χ3v) is 6.98. The molecule has 6 heteroatoms. The van der Waals surface area contributed by atoms with Crippen molar-refractivity contribution in [2.75, 3.05) is 12.4 Å². The zero-order chi connectivity index (χ0) is 22.2. The quantitative estimate of drug-likeness (QED) is 0.453. The van der Waals surface area contributed by atoms with E-state index < -0.39 is 5.92 Å². The Kier molecular flexibility index (Phi) is 5.66. The number of rotatable bonds is 3. The van der Waals surface area contributed by atoms with Crippen LogP contribution in [0, 0.1) is 5.92 Å². The van der Waals surface area contributed by atoms with E-state index in [1.807, 2.05) is 66.7 Å². The molecule has 0 aromatic heterocycles. The van der Waals surface area contributed by atoms with E-state index in [9.17, 15) is 4.79 Å². The molecule has 0 bridgehead atoms. The van der Waals surface area contributed by atoms with Gasteiger partial charge in [0.2, 0.25) is 0 Å². The molecule has 1 saturated carbocycles. The van der Waals surface area contributed by atoms with Gasteiger partial charge in [0.25, 0.3) is 0 Å². The van der Waals surface area contributed by atoms with E-state index >= 15 is 0 Å². The number of nitrogens with zero attached hydrogens (tertiary/aromatic N) is 1. The highest BCUT2D eigenvalue weighted by Crippen LogP contribution is 2.46. The molecule has 1 aliphatic carbocycles. The minimum atomic E-state index is -0.436. The average Bonchev–Trinajstić information content (AvgIpc) is 2.96. The molecule has 3 unspecified atom stereocenters. The van der Waals surface area contributed by atoms with Gasteiger partial charge in [-0.3, -0.25) is 9.79 Å². The first-order valence-electron chi connectivity index (χ1n) is 10.6. The van der Waals surface area contributed by atoms with Crippen molar-refractivity contribution in [2.45, 2.75) is 24.8 Å². The largest absolute Gasteiger partial charge is 0.497 e. The van der Waals surface area contributed by atoms with E-state index in [1.165, 1.54) is 0 Å². The van der Waals surface area contributed by atoms with Gasteiger partial charge in [0.15, 0.2) is 0 Å². The van der Waals surface area contributed by atoms with Crippen LogP contribution in [-0.4, -0.2) is 18.6 Å². The number of aliphatic imine (C=N–C) groups is 1. The summed E-state index contributed by atoms with van der Waals surface area (Å²) in [4.78, 5) is 18.6. The summed E-state index contributed by atoms with van der Waals surface area (Å²) in [5, 5.41) is 4.62. The number of halogens is 2. The van der Waals surface area contributed by atoms with Gasteiger partial charge >= 0.3 is 0 Å². The highest BCUT2D eigenvalue weighted by Gasteiger charge is 2.42. The van der Waals surface area contributed by atoms with Crippen molar-refractivity contribution >= 4 is 46.1 Å². The van der Waals surface area contributed by atoms with Gasteiger partial charge in [-0.25, -0.2) is 0 Å². The van der Waals surface area contributed by atoms with E-state index in [1.54, 1.807) is 7.11 Å². The smallest absolute Gasteiger partial charge is 0.144 e. The Hall–Kier alpha value is -2.82. The Balaban J connectivity index is 1.60. The third-order valence-electron chi connectivity index (χ3n) is 6.32. The van der Waals surface area contributed by atoms with Gasteiger partial charge in [0.1, 0.15) is 11.5 Å². The van der Waals surface area contributed by atoms with E-state index in [0.29, 0.717) is 22.9 Å². The van der Waals surface area contributed by atoms with Crippen molar-refractivity contribution in [1.29, 1.82) is 0 Å². The van der Waals surface area contributed by atoms with Crippen LogP contribution in [-0.2, 0) is 4.79 Å². The molecule has 1 N–H and O–H groups in total. The number of methoxy groups -OCH3 is 1. The number of carbonyl (C=O) groups excluding carboxylic acids is 1. The average molecular weight is 465 g/mol. The lowest BCUT2D eigenvalue weighted by Gasteiger charge is -2.34. The molecule has 0 spiro atoms. The first kappa shape index (κ1) is 21.0. The van der Waals surface area contributed by atoms with Gasteiger partial charge in [0, 0.05) is 27.7 Å². The number of hydrogen-bond donors (Lipinski definition) is 1. The number of anilines is 1. The molecule has 1 aliphatic heterocycles. The molecule has 1 fully saturated rings. The number of ether oxygens (including phenoxy) is 1. The summed E-state index contributed by atoms with van der Waals surface area (Å²) < 4.78 is 5.28. The number of nitrogens with one attached hydrogen (secondary N) is 1. The number of Topliss-reactive ketones (excluding diaryl/α,β-unsaturated/α-hetero) is 1. The van der Waals surface area contributed by atoms with Gasteiger partial charge < -0.3 is 10.1 Å². The maximum absolute atomic E-state index is 13.6. The van der Waals surface area contributed by atoms with Crippen molar-refractivity contribution < 1.29 is 9.53 Å². The zero-order valence-corrected chi connectivity index (χ0v) is 19.0. The molecular formula is C26H22Cl2N2O2. The Labute approximate surface area is 197 Å². The Morgan fingerprint density at radius 2 is 1.66 bits per heavy atom. The molecule has 5 rings (SSSR count). The van der Waals surface area contributed by atoms with Crippen molar-refractivity contribution in [2.24, 2.45) is 10.9 Å². The number of ketones is 1. The fraction of sp³-hybridized carbons (Fsp3) is 0.231. The van der Waals surface area contributed by atoms with Crippen LogP contribution in [0.1, 0.15) is 35.9 Å². The topological polar surface area (TPSA) is 50.7 Å². The highest BCUT2D eigenvalue weighted by molar-refractivity contribution is 6.36. The second kappa shape index (κ2) is 8.61. The van der Waals surface area contributed by atoms with Crippen LogP contribution in [0.25, 0.3) is 0 Å². The molecule has 3 aromatic rings. The van der Waals surface area contributed by atoms with E-state index in [-0.39, 0.29) is 17.7 Å². The summed E-state index contributed by atoms with van der Waals surface area (Å²) in [5.41, 5.74) is 4.39. The summed E-state index contributed by atoms with van der Waals surface area (Å²) >= 11 is 13.2. The van der Waals surface area contributed by atoms with Crippen molar-refractivity contribution in [3.8, 4) is 5.75 Å². The molecule has 0 amide bonds. The summed E-state index contributed by atoms with van der Waals surface area (Å²) in [6.07, 6.45) is 1.13. The van der Waals surface area contributed by atoms with E-state index in [2.05, 4.69) is 5.32 Å². The lowest BCUT2D eigenvalue weighted by molar-refractivity contribution is -0.122. The predicted octanol–water partition coefficient (Wildman–Crippen LogP) is 7.00. The van der Waals surface area contributed by atoms with Crippen LogP contribution in [0.15, 0.2) is 71.7 Å². The lowest BCUT2D eigenvalue weighted by Crippen LogP contribution is -2.39. The normalized spacial score (nSPS) is 22.2. The Bertz CT molecular complexity index is 1190. The fourth-order valence-electron chi connectivity index (χ4n) is 4.76. The van der Waals surface area contributed by atoms with Gasteiger partial charge in [-0.2, -0.15) is 0 Å². The number of para-hydroxylation sites is 2.